The lowest BCUT2D eigenvalue weighted by Gasteiger charge is -2.35. The molecule has 0 radical (unpaired) electrons. The first kappa shape index (κ1) is 20.3. The molecule has 148 valence electrons. The van der Waals surface area contributed by atoms with Gasteiger partial charge in [0.25, 0.3) is 5.91 Å². The Labute approximate surface area is 172 Å². The van der Waals surface area contributed by atoms with Crippen molar-refractivity contribution in [2.24, 2.45) is 0 Å². The summed E-state index contributed by atoms with van der Waals surface area (Å²) in [5.74, 6) is -0.164. The Morgan fingerprint density at radius 1 is 1.07 bits per heavy atom. The maximum absolute atomic E-state index is 13.8. The summed E-state index contributed by atoms with van der Waals surface area (Å²) in [6, 6.07) is 11.7. The molecule has 0 bridgehead atoms. The van der Waals surface area contributed by atoms with Crippen LogP contribution in [0.4, 0.5) is 4.39 Å². The molecule has 0 saturated carbocycles. The van der Waals surface area contributed by atoms with Gasteiger partial charge in [0, 0.05) is 26.2 Å². The van der Waals surface area contributed by atoms with Gasteiger partial charge in [-0.3, -0.25) is 9.59 Å². The summed E-state index contributed by atoms with van der Waals surface area (Å²) in [5.41, 5.74) is 1.19. The van der Waals surface area contributed by atoms with Gasteiger partial charge in [-0.1, -0.05) is 18.2 Å². The molecule has 1 saturated heterocycles. The van der Waals surface area contributed by atoms with E-state index in [2.05, 4.69) is 15.9 Å². The van der Waals surface area contributed by atoms with Crippen LogP contribution in [0.5, 0.6) is 5.75 Å². The van der Waals surface area contributed by atoms with Crippen molar-refractivity contribution >= 4 is 27.7 Å². The molecule has 7 heteroatoms. The third kappa shape index (κ3) is 4.90. The molecule has 1 fully saturated rings. The highest BCUT2D eigenvalue weighted by Crippen LogP contribution is 2.25. The van der Waals surface area contributed by atoms with E-state index in [1.54, 1.807) is 21.9 Å². The summed E-state index contributed by atoms with van der Waals surface area (Å²) < 4.78 is 20.3. The second-order valence-electron chi connectivity index (χ2n) is 6.69. The minimum Gasteiger partial charge on any atom is -0.492 e. The Morgan fingerprint density at radius 2 is 1.75 bits per heavy atom. The van der Waals surface area contributed by atoms with Crippen LogP contribution in [0.25, 0.3) is 0 Å². The topological polar surface area (TPSA) is 49.9 Å². The van der Waals surface area contributed by atoms with Crippen molar-refractivity contribution in [2.45, 2.75) is 13.3 Å². The molecule has 2 aromatic rings. The van der Waals surface area contributed by atoms with Crippen LogP contribution in [-0.2, 0) is 4.79 Å². The molecule has 1 aliphatic heterocycles. The number of hydrogen-bond donors (Lipinski definition) is 0. The third-order valence-corrected chi connectivity index (χ3v) is 5.30. The van der Waals surface area contributed by atoms with Crippen molar-refractivity contribution in [3.63, 3.8) is 0 Å². The number of benzene rings is 2. The number of nitrogens with zero attached hydrogens (tertiary/aromatic N) is 2. The summed E-state index contributed by atoms with van der Waals surface area (Å²) >= 11 is 3.45. The smallest absolute Gasteiger partial charge is 0.256 e. The Balaban J connectivity index is 1.46. The molecule has 3 rings (SSSR count). The summed E-state index contributed by atoms with van der Waals surface area (Å²) in [4.78, 5) is 28.1. The monoisotopic (exact) mass is 448 g/mol. The van der Waals surface area contributed by atoms with Crippen molar-refractivity contribution in [3.05, 3.63) is 63.9 Å². The van der Waals surface area contributed by atoms with Crippen molar-refractivity contribution < 1.29 is 18.7 Å². The van der Waals surface area contributed by atoms with Gasteiger partial charge >= 0.3 is 0 Å². The second kappa shape index (κ2) is 9.19. The molecule has 0 atom stereocenters. The van der Waals surface area contributed by atoms with Crippen molar-refractivity contribution in [1.82, 2.24) is 9.80 Å². The SMILES string of the molecule is Cc1ccc(OCCC(=O)N2CCN(C(=O)c3ccccc3F)CC2)c(Br)c1. The number of carbonyl (C=O) groups is 2. The Hall–Kier alpha value is -2.41. The highest BCUT2D eigenvalue weighted by atomic mass is 79.9. The van der Waals surface area contributed by atoms with Gasteiger partial charge in [0.1, 0.15) is 11.6 Å². The van der Waals surface area contributed by atoms with E-state index in [-0.39, 0.29) is 30.4 Å². The fourth-order valence-corrected chi connectivity index (χ4v) is 3.70. The van der Waals surface area contributed by atoms with Crippen molar-refractivity contribution in [3.8, 4) is 5.75 Å². The predicted molar refractivity (Wildman–Crippen MR) is 108 cm³/mol. The van der Waals surface area contributed by atoms with Crippen LogP contribution < -0.4 is 4.74 Å². The number of carbonyl (C=O) groups excluding carboxylic acids is 2. The van der Waals surface area contributed by atoms with Crippen molar-refractivity contribution in [2.75, 3.05) is 32.8 Å². The first-order valence-electron chi connectivity index (χ1n) is 9.16. The third-order valence-electron chi connectivity index (χ3n) is 4.68. The lowest BCUT2D eigenvalue weighted by atomic mass is 10.1. The minimum atomic E-state index is -0.523. The fraction of sp³-hybridized carbons (Fsp3) is 0.333. The summed E-state index contributed by atoms with van der Waals surface area (Å²) in [6.45, 7) is 3.94. The van der Waals surface area contributed by atoms with Crippen LogP contribution in [-0.4, -0.2) is 54.4 Å². The van der Waals surface area contributed by atoms with Crippen LogP contribution >= 0.6 is 15.9 Å². The van der Waals surface area contributed by atoms with Gasteiger partial charge in [-0.25, -0.2) is 4.39 Å². The molecular formula is C21H22BrFN2O3. The van der Waals surface area contributed by atoms with Gasteiger partial charge in [0.2, 0.25) is 5.91 Å². The summed E-state index contributed by atoms with van der Waals surface area (Å²) in [5, 5.41) is 0. The molecule has 0 spiro atoms. The van der Waals surface area contributed by atoms with Crippen LogP contribution in [0.3, 0.4) is 0 Å². The number of aryl methyl sites for hydroxylation is 1. The Bertz CT molecular complexity index is 866. The maximum atomic E-state index is 13.8. The van der Waals surface area contributed by atoms with Crippen molar-refractivity contribution in [1.29, 1.82) is 0 Å². The van der Waals surface area contributed by atoms with Crippen LogP contribution in [0.15, 0.2) is 46.9 Å². The Morgan fingerprint density at radius 3 is 2.43 bits per heavy atom. The number of halogens is 2. The number of ether oxygens (including phenoxy) is 1. The molecule has 2 aromatic carbocycles. The predicted octanol–water partition coefficient (Wildman–Crippen LogP) is 3.65. The van der Waals surface area contributed by atoms with E-state index < -0.39 is 5.82 Å². The highest BCUT2D eigenvalue weighted by molar-refractivity contribution is 9.10. The zero-order valence-corrected chi connectivity index (χ0v) is 17.2. The van der Waals surface area contributed by atoms with Crippen LogP contribution in [0.1, 0.15) is 22.3 Å². The second-order valence-corrected chi connectivity index (χ2v) is 7.54. The average molecular weight is 449 g/mol. The van der Waals surface area contributed by atoms with Crippen LogP contribution in [0.2, 0.25) is 0 Å². The lowest BCUT2D eigenvalue weighted by molar-refractivity contribution is -0.133. The standard InChI is InChI=1S/C21H22BrFN2O3/c1-15-6-7-19(17(22)14-15)28-13-8-20(26)24-9-11-25(12-10-24)21(27)16-4-2-3-5-18(16)23/h2-7,14H,8-13H2,1H3. The zero-order valence-electron chi connectivity index (χ0n) is 15.7. The molecule has 5 nitrogen and oxygen atoms in total. The first-order valence-corrected chi connectivity index (χ1v) is 9.95. The van der Waals surface area contributed by atoms with Crippen LogP contribution in [0, 0.1) is 12.7 Å². The van der Waals surface area contributed by atoms with Gasteiger partial charge in [0.15, 0.2) is 0 Å². The van der Waals surface area contributed by atoms with E-state index in [1.165, 1.54) is 12.1 Å². The van der Waals surface area contributed by atoms with E-state index in [1.807, 2.05) is 25.1 Å². The highest BCUT2D eigenvalue weighted by Gasteiger charge is 2.26. The minimum absolute atomic E-state index is 0.0128. The Kier molecular flexibility index (Phi) is 6.67. The van der Waals surface area contributed by atoms with Gasteiger partial charge in [-0.2, -0.15) is 0 Å². The molecule has 0 aliphatic carbocycles. The van der Waals surface area contributed by atoms with E-state index in [0.717, 1.165) is 10.0 Å². The van der Waals surface area contributed by atoms with E-state index in [0.29, 0.717) is 31.9 Å². The van der Waals surface area contributed by atoms with Gasteiger partial charge in [-0.15, -0.1) is 0 Å². The molecular weight excluding hydrogens is 427 g/mol. The number of piperazine rings is 1. The fourth-order valence-electron chi connectivity index (χ4n) is 3.09. The molecule has 0 unspecified atom stereocenters. The van der Waals surface area contributed by atoms with Gasteiger partial charge < -0.3 is 14.5 Å². The summed E-state index contributed by atoms with van der Waals surface area (Å²) in [6.07, 6.45) is 0.265. The maximum Gasteiger partial charge on any atom is 0.256 e. The molecule has 1 heterocycles. The van der Waals surface area contributed by atoms with E-state index in [4.69, 9.17) is 4.74 Å². The van der Waals surface area contributed by atoms with Gasteiger partial charge in [-0.05, 0) is 52.7 Å². The molecule has 0 N–H and O–H groups in total. The molecule has 1 aliphatic rings. The normalized spacial score (nSPS) is 14.1. The van der Waals surface area contributed by atoms with E-state index >= 15 is 0 Å². The summed E-state index contributed by atoms with van der Waals surface area (Å²) in [7, 11) is 0. The number of rotatable bonds is 5. The van der Waals surface area contributed by atoms with Gasteiger partial charge in [0.05, 0.1) is 23.1 Å². The molecule has 28 heavy (non-hydrogen) atoms. The number of amides is 2. The average Bonchev–Trinajstić information content (AvgIpc) is 2.69. The lowest BCUT2D eigenvalue weighted by Crippen LogP contribution is -2.50. The quantitative estimate of drug-likeness (QED) is 0.701. The zero-order chi connectivity index (χ0) is 20.1. The first-order chi connectivity index (χ1) is 13.5. The largest absolute Gasteiger partial charge is 0.492 e. The van der Waals surface area contributed by atoms with E-state index in [9.17, 15) is 14.0 Å². The molecule has 0 aromatic heterocycles. The molecule has 2 amide bonds. The number of hydrogen-bond acceptors (Lipinski definition) is 3.